The second-order valence-corrected chi connectivity index (χ2v) is 24.1. The number of nitrogens with zero attached hydrogens (tertiary/aromatic N) is 2. The molecule has 382 valence electrons. The first-order valence-corrected chi connectivity index (χ1v) is 26.3. The largest absolute Gasteiger partial charge is 0.497 e. The number of benzene rings is 1. The number of ether oxygens (including phenoxy) is 4. The minimum Gasteiger partial charge on any atom is -0.497 e. The summed E-state index contributed by atoms with van der Waals surface area (Å²) in [5, 5.41) is 27.7. The lowest BCUT2D eigenvalue weighted by molar-refractivity contribution is -0.248. The fraction of sp³-hybridized carbons (Fsp3) is 0.649. The molecule has 11 nitrogen and oxygen atoms in total. The van der Waals surface area contributed by atoms with Crippen LogP contribution in [0.15, 0.2) is 59.0 Å². The van der Waals surface area contributed by atoms with Gasteiger partial charge < -0.3 is 29.2 Å². The summed E-state index contributed by atoms with van der Waals surface area (Å²) in [6, 6.07) is 6.57. The number of halogens is 3. The second kappa shape index (κ2) is 17.2. The Labute approximate surface area is 421 Å². The van der Waals surface area contributed by atoms with E-state index in [1.54, 1.807) is 39.0 Å². The van der Waals surface area contributed by atoms with Crippen molar-refractivity contribution >= 4 is 35.7 Å². The van der Waals surface area contributed by atoms with E-state index in [2.05, 4.69) is 30.9 Å². The molecule has 6 fully saturated rings. The highest BCUT2D eigenvalue weighted by Crippen LogP contribution is 2.73. The van der Waals surface area contributed by atoms with Crippen molar-refractivity contribution in [2.45, 2.75) is 160 Å². The quantitative estimate of drug-likeness (QED) is 0.114. The predicted molar refractivity (Wildman–Crippen MR) is 262 cm³/mol. The van der Waals surface area contributed by atoms with Crippen LogP contribution < -0.4 is 0 Å². The third-order valence-electron chi connectivity index (χ3n) is 20.2. The minimum absolute atomic E-state index is 0.0506. The van der Waals surface area contributed by atoms with Crippen LogP contribution in [0.25, 0.3) is 11.8 Å². The molecule has 0 bridgehead atoms. The van der Waals surface area contributed by atoms with Crippen molar-refractivity contribution in [3.05, 3.63) is 76.1 Å². The number of aldehydes is 1. The van der Waals surface area contributed by atoms with Crippen molar-refractivity contribution in [2.24, 2.45) is 51.2 Å². The van der Waals surface area contributed by atoms with E-state index in [1.807, 2.05) is 17.8 Å². The number of hydrogen-bond donors (Lipinski definition) is 2. The zero-order valence-electron chi connectivity index (χ0n) is 42.1. The normalized spacial score (nSPS) is 42.1. The van der Waals surface area contributed by atoms with Crippen LogP contribution in [0.4, 0.5) is 8.78 Å². The summed E-state index contributed by atoms with van der Waals surface area (Å²) >= 11 is 5.78. The lowest BCUT2D eigenvalue weighted by atomic mass is 9.44. The maximum absolute atomic E-state index is 17.8. The third-order valence-corrected chi connectivity index (χ3v) is 20.4. The van der Waals surface area contributed by atoms with Crippen LogP contribution in [0.5, 0.6) is 0 Å². The van der Waals surface area contributed by atoms with E-state index in [-0.39, 0.29) is 29.5 Å². The van der Waals surface area contributed by atoms with Gasteiger partial charge in [-0.2, -0.15) is 5.10 Å². The van der Waals surface area contributed by atoms with E-state index < -0.39 is 75.9 Å². The molecule has 14 heteroatoms. The van der Waals surface area contributed by atoms with Crippen LogP contribution in [0.2, 0.25) is 0 Å². The zero-order chi connectivity index (χ0) is 50.9. The number of hydrogen-bond acceptors (Lipinski definition) is 10. The highest BCUT2D eigenvalue weighted by atomic mass is 35.5. The molecule has 0 amide bonds. The van der Waals surface area contributed by atoms with Gasteiger partial charge in [0.15, 0.2) is 18.0 Å². The van der Waals surface area contributed by atoms with Crippen molar-refractivity contribution in [2.75, 3.05) is 19.1 Å². The molecule has 8 aliphatic carbocycles. The summed E-state index contributed by atoms with van der Waals surface area (Å²) in [4.78, 5) is 37.8. The van der Waals surface area contributed by atoms with E-state index in [0.29, 0.717) is 66.4 Å². The maximum Gasteiger partial charge on any atom is 0.303 e. The van der Waals surface area contributed by atoms with Crippen LogP contribution in [0.3, 0.4) is 0 Å². The van der Waals surface area contributed by atoms with E-state index in [1.165, 1.54) is 36.6 Å². The summed E-state index contributed by atoms with van der Waals surface area (Å²) in [6.45, 7) is 12.8. The molecular weight excluding hydrogens is 930 g/mol. The molecule has 2 aromatic rings. The summed E-state index contributed by atoms with van der Waals surface area (Å²) in [5.74, 6) is 1.86. The molecule has 71 heavy (non-hydrogen) atoms. The molecule has 1 aliphatic heterocycles. The Hall–Kier alpha value is -4.19. The Morgan fingerprint density at radius 3 is 2.42 bits per heavy atom. The number of carbonyl (C=O) groups excluding carboxylic acids is 3. The molecule has 14 atom stereocenters. The number of alkyl halides is 2. The second-order valence-electron chi connectivity index (χ2n) is 23.8. The predicted octanol–water partition coefficient (Wildman–Crippen LogP) is 9.52. The number of allylic oxidation sites excluding steroid dienone is 5. The number of aromatic nitrogens is 2. The number of rotatable bonds is 8. The topological polar surface area (TPSA) is 146 Å². The first-order chi connectivity index (χ1) is 33.5. The molecule has 5 saturated carbocycles. The Bertz CT molecular complexity index is 2670. The number of esters is 1. The molecule has 0 radical (unpaired) electrons. The highest BCUT2D eigenvalue weighted by Gasteiger charge is 2.80. The Morgan fingerprint density at radius 2 is 1.73 bits per heavy atom. The molecule has 11 rings (SSSR count). The smallest absolute Gasteiger partial charge is 0.303 e. The molecule has 9 aliphatic rings. The zero-order valence-corrected chi connectivity index (χ0v) is 42.9. The standard InChI is InChI=1S/C29H38ClFO8.C28H31FN2O/c1-16(33)37-15-23(35)29-24(38-25(2,3)39-29)12-20-21-10-17(14-32)19-11-18(36-9-8-30)6-7-26(19,4)28(21,31)22(34)13-27(20,29)5;1-4-28(32)14-12-24-22-10-5-19-15-25-18(16-26(19,2)23(22)11-13-27(24,28)3)17-30-31(25)21-8-6-20(29)7-9-21/h11,14,20-22,24,34H,6-10,12-13,15H2,1-5H3;1,6-9,15,17,22-24,32H,5,10-14,16H2,2-3H3/t20-,21-,22-,24+,26-,27-,28-,29+;22-,23+,24+,26+,27+,28+/m01/s1. The van der Waals surface area contributed by atoms with Crippen molar-refractivity contribution < 1.29 is 52.3 Å². The first kappa shape index (κ1) is 50.3. The van der Waals surface area contributed by atoms with Crippen molar-refractivity contribution in [3.8, 4) is 18.0 Å². The first-order valence-electron chi connectivity index (χ1n) is 25.7. The Balaban J connectivity index is 0.000000167. The fourth-order valence-electron chi connectivity index (χ4n) is 16.8. The number of ketones is 1. The molecule has 1 aromatic heterocycles. The third kappa shape index (κ3) is 7.13. The summed E-state index contributed by atoms with van der Waals surface area (Å²) in [6.07, 6.45) is 18.9. The highest BCUT2D eigenvalue weighted by molar-refractivity contribution is 6.18. The van der Waals surface area contributed by atoms with E-state index in [0.717, 1.165) is 56.2 Å². The van der Waals surface area contributed by atoms with Gasteiger partial charge in [0.1, 0.15) is 30.0 Å². The molecule has 1 aromatic carbocycles. The van der Waals surface area contributed by atoms with Crippen LogP contribution in [0, 0.1) is 69.4 Å². The van der Waals surface area contributed by atoms with Crippen molar-refractivity contribution in [1.82, 2.24) is 9.78 Å². The number of aliphatic hydroxyl groups excluding tert-OH is 1. The van der Waals surface area contributed by atoms with Crippen LogP contribution in [-0.4, -0.2) is 92.0 Å². The van der Waals surface area contributed by atoms with Gasteiger partial charge in [-0.15, -0.1) is 18.0 Å². The van der Waals surface area contributed by atoms with Crippen molar-refractivity contribution in [3.63, 3.8) is 0 Å². The molecule has 0 unspecified atom stereocenters. The average molecular weight is 1000 g/mol. The Kier molecular flexibility index (Phi) is 12.2. The maximum atomic E-state index is 17.8. The number of Topliss-reactive ketones (excluding diaryl/α,β-unsaturated/α-hetero) is 1. The van der Waals surface area contributed by atoms with Crippen LogP contribution in [0.1, 0.15) is 130 Å². The average Bonchev–Trinajstić information content (AvgIpc) is 4.02. The van der Waals surface area contributed by atoms with Gasteiger partial charge in [0.2, 0.25) is 5.78 Å². The van der Waals surface area contributed by atoms with Gasteiger partial charge in [-0.1, -0.05) is 39.2 Å². The van der Waals surface area contributed by atoms with Crippen LogP contribution >= 0.6 is 11.6 Å². The Morgan fingerprint density at radius 1 is 1.00 bits per heavy atom. The van der Waals surface area contributed by atoms with E-state index in [4.69, 9.17) is 37.0 Å². The van der Waals surface area contributed by atoms with Gasteiger partial charge in [0.05, 0.1) is 41.4 Å². The van der Waals surface area contributed by atoms with E-state index in [9.17, 15) is 29.0 Å². The van der Waals surface area contributed by atoms with E-state index >= 15 is 4.39 Å². The molecule has 2 N–H and O–H groups in total. The number of terminal acetylenes is 1. The van der Waals surface area contributed by atoms with Gasteiger partial charge in [-0.3, -0.25) is 14.4 Å². The molecule has 2 heterocycles. The van der Waals surface area contributed by atoms with Crippen molar-refractivity contribution in [1.29, 1.82) is 0 Å². The fourth-order valence-corrected chi connectivity index (χ4v) is 16.9. The molecular formula is C57H69ClF2N2O9. The summed E-state index contributed by atoms with van der Waals surface area (Å²) < 4.78 is 56.7. The number of aliphatic hydroxyl groups is 2. The summed E-state index contributed by atoms with van der Waals surface area (Å²) in [7, 11) is 0. The van der Waals surface area contributed by atoms with Gasteiger partial charge >= 0.3 is 5.97 Å². The number of carbonyl (C=O) groups is 3. The van der Waals surface area contributed by atoms with Gasteiger partial charge in [-0.05, 0) is 167 Å². The van der Waals surface area contributed by atoms with Gasteiger partial charge in [0, 0.05) is 35.5 Å². The summed E-state index contributed by atoms with van der Waals surface area (Å²) in [5.41, 5.74) is -0.889. The monoisotopic (exact) mass is 998 g/mol. The van der Waals surface area contributed by atoms with Gasteiger partial charge in [-0.25, -0.2) is 13.5 Å². The molecule has 0 spiro atoms. The van der Waals surface area contributed by atoms with Gasteiger partial charge in [0.25, 0.3) is 0 Å². The molecule has 1 saturated heterocycles. The lowest BCUT2D eigenvalue weighted by Gasteiger charge is -2.63. The van der Waals surface area contributed by atoms with Crippen LogP contribution in [-0.2, 0) is 39.8 Å². The minimum atomic E-state index is -2.07. The number of fused-ring (bicyclic) bond motifs is 13. The lowest BCUT2D eigenvalue weighted by Crippen LogP contribution is -2.70. The SMILES string of the molecule is C#C[C@]1(O)CC[C@H]2[C@@H]3CCC4=Cc5c(cnn5-c5ccc(F)cc5)C[C@]4(C)[C@H]3CC[C@@]21C.CC(=O)OCC(=O)[C@@]12OC(C)(C)O[C@@H]1C[C@H]1[C@@H]3CC(C=O)=C4C=C(OCCCl)CC[C@]4(C)[C@@]3(F)[C@@H](O)C[C@@]12C.